The van der Waals surface area contributed by atoms with Crippen LogP contribution < -0.4 is 10.6 Å². The van der Waals surface area contributed by atoms with Gasteiger partial charge in [0.25, 0.3) is 0 Å². The third-order valence-electron chi connectivity index (χ3n) is 4.35. The van der Waals surface area contributed by atoms with E-state index < -0.39 is 0 Å². The first-order valence-corrected chi connectivity index (χ1v) is 9.04. The molecule has 1 amide bonds. The Kier molecular flexibility index (Phi) is 9.67. The number of nitrogens with one attached hydrogen (secondary N) is 2. The Bertz CT molecular complexity index is 370. The van der Waals surface area contributed by atoms with Gasteiger partial charge in [0.05, 0.1) is 0 Å². The van der Waals surface area contributed by atoms with Crippen molar-refractivity contribution < 1.29 is 4.79 Å². The number of hydrogen-bond acceptors (Lipinski definition) is 3. The van der Waals surface area contributed by atoms with Crippen molar-refractivity contribution in [2.24, 2.45) is 4.99 Å². The molecule has 1 saturated heterocycles. The summed E-state index contributed by atoms with van der Waals surface area (Å²) in [5.74, 6) is 0.787. The number of unbranched alkanes of at least 4 members (excludes halogenated alkanes) is 2. The highest BCUT2D eigenvalue weighted by molar-refractivity contribution is 5.84. The van der Waals surface area contributed by atoms with Crippen molar-refractivity contribution in [3.8, 4) is 0 Å². The van der Waals surface area contributed by atoms with Gasteiger partial charge in [-0.1, -0.05) is 26.7 Å². The minimum atomic E-state index is 0.0238. The van der Waals surface area contributed by atoms with Gasteiger partial charge in [0.1, 0.15) is 6.54 Å². The topological polar surface area (TPSA) is 60.0 Å². The van der Waals surface area contributed by atoms with Crippen LogP contribution in [0, 0.1) is 0 Å². The number of nitrogens with zero attached hydrogens (tertiary/aromatic N) is 3. The number of amides is 1. The number of carbonyl (C=O) groups excluding carboxylic acids is 1. The van der Waals surface area contributed by atoms with Gasteiger partial charge in [0.2, 0.25) is 5.91 Å². The second kappa shape index (κ2) is 11.3. The Morgan fingerprint density at radius 3 is 2.70 bits per heavy atom. The van der Waals surface area contributed by atoms with Crippen molar-refractivity contribution in [2.75, 3.05) is 46.8 Å². The van der Waals surface area contributed by atoms with Gasteiger partial charge in [-0.15, -0.1) is 0 Å². The second-order valence-corrected chi connectivity index (χ2v) is 6.39. The molecule has 134 valence electrons. The normalized spacial score (nSPS) is 19.0. The third kappa shape index (κ3) is 7.68. The number of likely N-dealkylation sites (tertiary alicyclic amines) is 1. The van der Waals surface area contributed by atoms with Crippen molar-refractivity contribution in [3.63, 3.8) is 0 Å². The van der Waals surface area contributed by atoms with Gasteiger partial charge in [-0.2, -0.15) is 0 Å². The fraction of sp³-hybridized carbons (Fsp3) is 0.882. The summed E-state index contributed by atoms with van der Waals surface area (Å²) in [6.45, 7) is 8.69. The molecule has 1 heterocycles. The predicted molar refractivity (Wildman–Crippen MR) is 96.8 cm³/mol. The maximum Gasteiger partial charge on any atom is 0.243 e. The summed E-state index contributed by atoms with van der Waals surface area (Å²) in [6, 6.07) is 0.576. The Labute approximate surface area is 141 Å². The van der Waals surface area contributed by atoms with Crippen LogP contribution in [0.4, 0.5) is 0 Å². The molecule has 0 aromatic carbocycles. The SMILES string of the molecule is CCCCCNC(=NCC(=O)N(C)C)NCC1CCCN1CC. The van der Waals surface area contributed by atoms with Gasteiger partial charge in [0, 0.05) is 33.2 Å². The lowest BCUT2D eigenvalue weighted by Crippen LogP contribution is -2.45. The van der Waals surface area contributed by atoms with Crippen molar-refractivity contribution in [1.29, 1.82) is 0 Å². The molecular weight excluding hydrogens is 290 g/mol. The van der Waals surface area contributed by atoms with Crippen LogP contribution in [0.2, 0.25) is 0 Å². The summed E-state index contributed by atoms with van der Waals surface area (Å²) in [5, 5.41) is 6.78. The molecule has 0 aromatic rings. The number of hydrogen-bond donors (Lipinski definition) is 2. The predicted octanol–water partition coefficient (Wildman–Crippen LogP) is 1.28. The van der Waals surface area contributed by atoms with E-state index in [-0.39, 0.29) is 12.5 Å². The average Bonchev–Trinajstić information content (AvgIpc) is 3.00. The van der Waals surface area contributed by atoms with Crippen LogP contribution in [0.15, 0.2) is 4.99 Å². The summed E-state index contributed by atoms with van der Waals surface area (Å²) in [4.78, 5) is 20.3. The molecule has 0 aromatic heterocycles. The summed E-state index contributed by atoms with van der Waals surface area (Å²) in [6.07, 6.45) is 6.05. The van der Waals surface area contributed by atoms with Crippen molar-refractivity contribution in [1.82, 2.24) is 20.4 Å². The zero-order chi connectivity index (χ0) is 17.1. The minimum absolute atomic E-state index is 0.0238. The first-order chi connectivity index (χ1) is 11.1. The van der Waals surface area contributed by atoms with E-state index in [1.165, 1.54) is 32.2 Å². The lowest BCUT2D eigenvalue weighted by Gasteiger charge is -2.24. The van der Waals surface area contributed by atoms with Crippen molar-refractivity contribution in [2.45, 2.75) is 52.0 Å². The molecular formula is C17H35N5O. The van der Waals surface area contributed by atoms with Crippen LogP contribution in [0.3, 0.4) is 0 Å². The molecule has 0 spiro atoms. The lowest BCUT2D eigenvalue weighted by molar-refractivity contribution is -0.127. The van der Waals surface area contributed by atoms with Crippen molar-refractivity contribution >= 4 is 11.9 Å². The van der Waals surface area contributed by atoms with Gasteiger partial charge in [-0.3, -0.25) is 9.69 Å². The van der Waals surface area contributed by atoms with E-state index in [9.17, 15) is 4.79 Å². The van der Waals surface area contributed by atoms with Gasteiger partial charge in [-0.25, -0.2) is 4.99 Å². The molecule has 1 fully saturated rings. The Morgan fingerprint density at radius 2 is 2.04 bits per heavy atom. The monoisotopic (exact) mass is 325 g/mol. The molecule has 2 N–H and O–H groups in total. The molecule has 1 aliphatic rings. The van der Waals surface area contributed by atoms with Gasteiger partial charge < -0.3 is 15.5 Å². The quantitative estimate of drug-likeness (QED) is 0.381. The van der Waals surface area contributed by atoms with Crippen LogP contribution in [0.5, 0.6) is 0 Å². The number of guanidine groups is 1. The third-order valence-corrected chi connectivity index (χ3v) is 4.35. The van der Waals surface area contributed by atoms with E-state index in [1.807, 2.05) is 0 Å². The Morgan fingerprint density at radius 1 is 1.26 bits per heavy atom. The second-order valence-electron chi connectivity index (χ2n) is 6.39. The largest absolute Gasteiger partial charge is 0.356 e. The number of likely N-dealkylation sites (N-methyl/N-ethyl adjacent to an activating group) is 2. The molecule has 1 atom stereocenters. The Hall–Kier alpha value is -1.30. The standard InChI is InChI=1S/C17H35N5O/c1-5-7-8-11-18-17(20-14-16(23)21(3)4)19-13-15-10-9-12-22(15)6-2/h15H,5-14H2,1-4H3,(H2,18,19,20). The highest BCUT2D eigenvalue weighted by Gasteiger charge is 2.22. The average molecular weight is 326 g/mol. The van der Waals surface area contributed by atoms with Crippen LogP contribution in [0.25, 0.3) is 0 Å². The summed E-state index contributed by atoms with van der Waals surface area (Å²) < 4.78 is 0. The highest BCUT2D eigenvalue weighted by atomic mass is 16.2. The minimum Gasteiger partial charge on any atom is -0.356 e. The van der Waals surface area contributed by atoms with Crippen molar-refractivity contribution in [3.05, 3.63) is 0 Å². The lowest BCUT2D eigenvalue weighted by atomic mass is 10.2. The zero-order valence-electron chi connectivity index (χ0n) is 15.4. The molecule has 6 nitrogen and oxygen atoms in total. The Balaban J connectivity index is 2.48. The smallest absolute Gasteiger partial charge is 0.243 e. The van der Waals surface area contributed by atoms with Gasteiger partial charge in [0.15, 0.2) is 5.96 Å². The van der Waals surface area contributed by atoms with Crippen LogP contribution >= 0.6 is 0 Å². The zero-order valence-corrected chi connectivity index (χ0v) is 15.4. The van der Waals surface area contributed by atoms with E-state index in [2.05, 4.69) is 34.4 Å². The van der Waals surface area contributed by atoms with Crippen LogP contribution in [0.1, 0.15) is 46.0 Å². The molecule has 23 heavy (non-hydrogen) atoms. The van der Waals surface area contributed by atoms with E-state index in [0.717, 1.165) is 32.0 Å². The molecule has 6 heteroatoms. The van der Waals surface area contributed by atoms with E-state index in [4.69, 9.17) is 0 Å². The molecule has 1 rings (SSSR count). The van der Waals surface area contributed by atoms with Gasteiger partial charge >= 0.3 is 0 Å². The molecule has 0 aliphatic carbocycles. The molecule has 1 unspecified atom stereocenters. The first kappa shape index (κ1) is 19.7. The summed E-state index contributed by atoms with van der Waals surface area (Å²) in [7, 11) is 3.52. The van der Waals surface area contributed by atoms with E-state index >= 15 is 0 Å². The molecule has 1 aliphatic heterocycles. The highest BCUT2D eigenvalue weighted by Crippen LogP contribution is 2.15. The molecule has 0 bridgehead atoms. The maximum atomic E-state index is 11.7. The fourth-order valence-corrected chi connectivity index (χ4v) is 2.80. The summed E-state index contributed by atoms with van der Waals surface area (Å²) in [5.41, 5.74) is 0. The summed E-state index contributed by atoms with van der Waals surface area (Å²) >= 11 is 0. The maximum absolute atomic E-state index is 11.7. The van der Waals surface area contributed by atoms with Gasteiger partial charge in [-0.05, 0) is 32.4 Å². The van der Waals surface area contributed by atoms with E-state index in [0.29, 0.717) is 6.04 Å². The van der Waals surface area contributed by atoms with Crippen LogP contribution in [-0.4, -0.2) is 74.5 Å². The number of aliphatic imine (C=N–C) groups is 1. The van der Waals surface area contributed by atoms with E-state index in [1.54, 1.807) is 19.0 Å². The van der Waals surface area contributed by atoms with Crippen LogP contribution in [-0.2, 0) is 4.79 Å². The first-order valence-electron chi connectivity index (χ1n) is 9.04. The number of rotatable bonds is 9. The fourth-order valence-electron chi connectivity index (χ4n) is 2.80. The molecule has 0 saturated carbocycles. The molecule has 0 radical (unpaired) electrons. The number of carbonyl (C=O) groups is 1.